The number of fused-ring (bicyclic) bond motifs is 1. The zero-order valence-electron chi connectivity index (χ0n) is 17.5. The van der Waals surface area contributed by atoms with Crippen LogP contribution in [0, 0.1) is 0 Å². The second-order valence-corrected chi connectivity index (χ2v) is 8.27. The molecule has 2 aliphatic rings. The van der Waals surface area contributed by atoms with Gasteiger partial charge in [0.25, 0.3) is 5.91 Å². The van der Waals surface area contributed by atoms with E-state index in [1.54, 1.807) is 18.2 Å². The van der Waals surface area contributed by atoms with E-state index in [1.807, 2.05) is 25.1 Å². The second kappa shape index (κ2) is 9.00. The lowest BCUT2D eigenvalue weighted by molar-refractivity contribution is -0.136. The quantitative estimate of drug-likeness (QED) is 0.603. The number of carbonyl (C=O) groups excluding carboxylic acids is 4. The molecule has 32 heavy (non-hydrogen) atoms. The summed E-state index contributed by atoms with van der Waals surface area (Å²) in [4.78, 5) is 50.1. The summed E-state index contributed by atoms with van der Waals surface area (Å²) in [6.07, 6.45) is 1.36. The molecule has 1 atom stereocenters. The molecule has 2 aromatic rings. The third-order valence-corrected chi connectivity index (χ3v) is 6.06. The van der Waals surface area contributed by atoms with Crippen molar-refractivity contribution in [3.05, 3.63) is 63.7 Å². The van der Waals surface area contributed by atoms with Gasteiger partial charge >= 0.3 is 6.03 Å². The first kappa shape index (κ1) is 21.8. The molecule has 0 spiro atoms. The third kappa shape index (κ3) is 4.45. The van der Waals surface area contributed by atoms with Crippen LogP contribution in [0.15, 0.2) is 36.4 Å². The maximum absolute atomic E-state index is 12.8. The van der Waals surface area contributed by atoms with Gasteiger partial charge in [-0.3, -0.25) is 19.7 Å². The molecule has 0 radical (unpaired) electrons. The molecule has 9 heteroatoms. The number of urea groups is 1. The Labute approximate surface area is 190 Å². The van der Waals surface area contributed by atoms with E-state index in [0.717, 1.165) is 23.1 Å². The van der Waals surface area contributed by atoms with E-state index in [4.69, 9.17) is 11.6 Å². The van der Waals surface area contributed by atoms with Crippen LogP contribution in [0.1, 0.15) is 46.8 Å². The average Bonchev–Trinajstić information content (AvgIpc) is 3.09. The Morgan fingerprint density at radius 1 is 1.16 bits per heavy atom. The van der Waals surface area contributed by atoms with E-state index in [0.29, 0.717) is 29.2 Å². The Hall–Kier alpha value is -3.39. The van der Waals surface area contributed by atoms with E-state index < -0.39 is 11.9 Å². The minimum Gasteiger partial charge on any atom is -0.334 e. The van der Waals surface area contributed by atoms with E-state index >= 15 is 0 Å². The van der Waals surface area contributed by atoms with Crippen molar-refractivity contribution in [2.75, 3.05) is 5.32 Å². The van der Waals surface area contributed by atoms with Crippen LogP contribution in [0.25, 0.3) is 0 Å². The minimum atomic E-state index is -0.649. The van der Waals surface area contributed by atoms with Gasteiger partial charge in [0.15, 0.2) is 0 Å². The molecule has 2 heterocycles. The normalized spacial score (nSPS) is 17.8. The lowest BCUT2D eigenvalue weighted by Gasteiger charge is -2.29. The zero-order chi connectivity index (χ0) is 22.8. The van der Waals surface area contributed by atoms with Gasteiger partial charge in [-0.15, -0.1) is 0 Å². The predicted molar refractivity (Wildman–Crippen MR) is 119 cm³/mol. The first-order valence-electron chi connectivity index (χ1n) is 10.5. The second-order valence-electron chi connectivity index (χ2n) is 7.87. The van der Waals surface area contributed by atoms with Crippen molar-refractivity contribution >= 4 is 41.0 Å². The molecule has 4 rings (SSSR count). The Bertz CT molecular complexity index is 1120. The van der Waals surface area contributed by atoms with E-state index in [1.165, 1.54) is 4.90 Å². The van der Waals surface area contributed by atoms with Gasteiger partial charge in [0, 0.05) is 25.1 Å². The van der Waals surface area contributed by atoms with Crippen LogP contribution in [0.3, 0.4) is 0 Å². The molecule has 2 aliphatic heterocycles. The number of anilines is 1. The summed E-state index contributed by atoms with van der Waals surface area (Å²) in [5, 5.41) is 8.30. The molecule has 1 fully saturated rings. The van der Waals surface area contributed by atoms with Crippen molar-refractivity contribution in [1.82, 2.24) is 15.5 Å². The number of amides is 5. The van der Waals surface area contributed by atoms with Crippen LogP contribution in [0.5, 0.6) is 0 Å². The number of hydrogen-bond donors (Lipinski definition) is 3. The van der Waals surface area contributed by atoms with E-state index in [2.05, 4.69) is 16.0 Å². The summed E-state index contributed by atoms with van der Waals surface area (Å²) >= 11 is 6.16. The fourth-order valence-electron chi connectivity index (χ4n) is 3.97. The Kier molecular flexibility index (Phi) is 6.14. The molecule has 0 aliphatic carbocycles. The van der Waals surface area contributed by atoms with Gasteiger partial charge in [-0.25, -0.2) is 4.79 Å². The molecule has 8 nitrogen and oxygen atoms in total. The molecule has 3 N–H and O–H groups in total. The fraction of sp³-hybridized carbons (Fsp3) is 0.304. The third-order valence-electron chi connectivity index (χ3n) is 5.73. The molecule has 166 valence electrons. The summed E-state index contributed by atoms with van der Waals surface area (Å²) in [6, 6.07) is 9.80. The Morgan fingerprint density at radius 2 is 1.94 bits per heavy atom. The van der Waals surface area contributed by atoms with E-state index in [-0.39, 0.29) is 30.8 Å². The summed E-state index contributed by atoms with van der Waals surface area (Å²) in [7, 11) is 0. The summed E-state index contributed by atoms with van der Waals surface area (Å²) < 4.78 is 0. The number of nitrogens with zero attached hydrogens (tertiary/aromatic N) is 1. The molecular formula is C23H23ClN4O4. The molecule has 1 unspecified atom stereocenters. The molecule has 5 amide bonds. The van der Waals surface area contributed by atoms with Crippen LogP contribution in [-0.2, 0) is 29.1 Å². The van der Waals surface area contributed by atoms with Crippen LogP contribution >= 0.6 is 11.6 Å². The summed E-state index contributed by atoms with van der Waals surface area (Å²) in [6.45, 7) is 2.57. The SMILES string of the molecule is CCc1ccc(Cl)c(NC(=O)NCc2ccc3c(c2)CN(C2CCC(=O)NC2=O)C3=O)c1. The number of nitrogens with one attached hydrogen (secondary N) is 3. The van der Waals surface area contributed by atoms with Crippen molar-refractivity contribution in [2.45, 2.75) is 45.3 Å². The first-order valence-corrected chi connectivity index (χ1v) is 10.8. The number of imide groups is 1. The van der Waals surface area contributed by atoms with Gasteiger partial charge in [-0.2, -0.15) is 0 Å². The number of halogens is 1. The number of hydrogen-bond acceptors (Lipinski definition) is 4. The van der Waals surface area contributed by atoms with Gasteiger partial charge in [0.1, 0.15) is 6.04 Å². The van der Waals surface area contributed by atoms with Crippen LogP contribution in [-0.4, -0.2) is 34.7 Å². The van der Waals surface area contributed by atoms with Gasteiger partial charge in [-0.05, 0) is 47.7 Å². The maximum atomic E-state index is 12.8. The highest BCUT2D eigenvalue weighted by Crippen LogP contribution is 2.28. The van der Waals surface area contributed by atoms with Crippen LogP contribution < -0.4 is 16.0 Å². The maximum Gasteiger partial charge on any atom is 0.319 e. The lowest BCUT2D eigenvalue weighted by Crippen LogP contribution is -2.52. The first-order chi connectivity index (χ1) is 15.4. The highest BCUT2D eigenvalue weighted by atomic mass is 35.5. The summed E-state index contributed by atoms with van der Waals surface area (Å²) in [5.74, 6) is -0.978. The predicted octanol–water partition coefficient (Wildman–Crippen LogP) is 2.99. The molecule has 0 bridgehead atoms. The minimum absolute atomic E-state index is 0.214. The number of carbonyl (C=O) groups is 4. The zero-order valence-corrected chi connectivity index (χ0v) is 18.3. The van der Waals surface area contributed by atoms with Gasteiger partial charge in [0.2, 0.25) is 11.8 Å². The standard InChI is InChI=1S/C23H23ClN4O4/c1-2-13-4-6-17(24)18(10-13)26-23(32)25-11-14-3-5-16-15(9-14)12-28(22(16)31)19-7-8-20(29)27-21(19)30/h3-6,9-10,19H,2,7-8,11-12H2,1H3,(H2,25,26,32)(H,27,29,30). The van der Waals surface area contributed by atoms with Gasteiger partial charge < -0.3 is 15.5 Å². The molecule has 0 saturated carbocycles. The summed E-state index contributed by atoms with van der Waals surface area (Å²) in [5.41, 5.74) is 3.76. The smallest absolute Gasteiger partial charge is 0.319 e. The molecule has 0 aromatic heterocycles. The average molecular weight is 455 g/mol. The number of aryl methyl sites for hydroxylation is 1. The Balaban J connectivity index is 1.39. The van der Waals surface area contributed by atoms with Crippen molar-refractivity contribution in [1.29, 1.82) is 0 Å². The molecular weight excluding hydrogens is 432 g/mol. The number of benzene rings is 2. The lowest BCUT2D eigenvalue weighted by atomic mass is 10.0. The highest BCUT2D eigenvalue weighted by molar-refractivity contribution is 6.33. The van der Waals surface area contributed by atoms with Gasteiger partial charge in [0.05, 0.1) is 10.7 Å². The van der Waals surface area contributed by atoms with Crippen molar-refractivity contribution in [3.63, 3.8) is 0 Å². The Morgan fingerprint density at radius 3 is 2.69 bits per heavy atom. The van der Waals surface area contributed by atoms with Crippen molar-refractivity contribution in [3.8, 4) is 0 Å². The molecule has 2 aromatic carbocycles. The monoisotopic (exact) mass is 454 g/mol. The highest BCUT2D eigenvalue weighted by Gasteiger charge is 2.39. The van der Waals surface area contributed by atoms with Crippen LogP contribution in [0.4, 0.5) is 10.5 Å². The largest absolute Gasteiger partial charge is 0.334 e. The van der Waals surface area contributed by atoms with Crippen LogP contribution in [0.2, 0.25) is 5.02 Å². The fourth-order valence-corrected chi connectivity index (χ4v) is 4.14. The van der Waals surface area contributed by atoms with Gasteiger partial charge in [-0.1, -0.05) is 36.7 Å². The van der Waals surface area contributed by atoms with Crippen molar-refractivity contribution < 1.29 is 19.2 Å². The van der Waals surface area contributed by atoms with E-state index in [9.17, 15) is 19.2 Å². The number of piperidine rings is 1. The number of rotatable bonds is 5. The topological polar surface area (TPSA) is 108 Å². The molecule has 1 saturated heterocycles. The van der Waals surface area contributed by atoms with Crippen molar-refractivity contribution in [2.24, 2.45) is 0 Å².